The molecule has 0 saturated heterocycles. The maximum atomic E-state index is 5.15. The Balaban J connectivity index is 1.85. The lowest BCUT2D eigenvalue weighted by atomic mass is 10.3. The Labute approximate surface area is 128 Å². The molecule has 22 heavy (non-hydrogen) atoms. The molecule has 1 heterocycles. The van der Waals surface area contributed by atoms with E-state index < -0.39 is 0 Å². The van der Waals surface area contributed by atoms with E-state index in [1.165, 1.54) is 0 Å². The van der Waals surface area contributed by atoms with Gasteiger partial charge in [-0.05, 0) is 43.3 Å². The largest absolute Gasteiger partial charge is 0.497 e. The van der Waals surface area contributed by atoms with Crippen molar-refractivity contribution in [2.24, 2.45) is 4.99 Å². The molecule has 0 unspecified atom stereocenters. The molecule has 0 N–H and O–H groups in total. The predicted octanol–water partition coefficient (Wildman–Crippen LogP) is 3.42. The van der Waals surface area contributed by atoms with Gasteiger partial charge in [0.2, 0.25) is 0 Å². The van der Waals surface area contributed by atoms with Gasteiger partial charge in [0.1, 0.15) is 11.4 Å². The van der Waals surface area contributed by atoms with Crippen LogP contribution in [0.5, 0.6) is 5.75 Å². The van der Waals surface area contributed by atoms with Gasteiger partial charge in [-0.15, -0.1) is 5.10 Å². The van der Waals surface area contributed by atoms with Crippen molar-refractivity contribution in [3.63, 3.8) is 0 Å². The molecule has 0 aliphatic carbocycles. The molecule has 0 spiro atoms. The molecule has 3 rings (SSSR count). The third kappa shape index (κ3) is 3.03. The first kappa shape index (κ1) is 14.0. The van der Waals surface area contributed by atoms with Gasteiger partial charge in [0, 0.05) is 0 Å². The fourth-order valence-corrected chi connectivity index (χ4v) is 2.04. The van der Waals surface area contributed by atoms with Gasteiger partial charge in [-0.2, -0.15) is 0 Å². The minimum atomic E-state index is 0.750. The highest BCUT2D eigenvalue weighted by molar-refractivity contribution is 5.98. The first-order chi connectivity index (χ1) is 10.8. The van der Waals surface area contributed by atoms with E-state index in [1.54, 1.807) is 11.8 Å². The number of nitrogens with zero attached hydrogens (tertiary/aromatic N) is 4. The van der Waals surface area contributed by atoms with Crippen molar-refractivity contribution < 1.29 is 4.74 Å². The highest BCUT2D eigenvalue weighted by Crippen LogP contribution is 2.15. The van der Waals surface area contributed by atoms with Crippen molar-refractivity contribution in [2.75, 3.05) is 7.11 Å². The number of hydrogen-bond donors (Lipinski definition) is 0. The molecule has 0 radical (unpaired) electrons. The minimum absolute atomic E-state index is 0.750. The molecule has 0 aliphatic rings. The molecule has 0 fully saturated rings. The second-order valence-electron chi connectivity index (χ2n) is 4.78. The fourth-order valence-electron chi connectivity index (χ4n) is 2.04. The molecule has 5 heteroatoms. The topological polar surface area (TPSA) is 52.3 Å². The third-order valence-corrected chi connectivity index (χ3v) is 3.25. The van der Waals surface area contributed by atoms with E-state index in [2.05, 4.69) is 15.3 Å². The van der Waals surface area contributed by atoms with E-state index in [4.69, 9.17) is 4.74 Å². The summed E-state index contributed by atoms with van der Waals surface area (Å²) in [5.74, 6) is 0.811. The summed E-state index contributed by atoms with van der Waals surface area (Å²) in [7, 11) is 1.64. The quantitative estimate of drug-likeness (QED) is 0.692. The van der Waals surface area contributed by atoms with Gasteiger partial charge in [0.25, 0.3) is 0 Å². The third-order valence-electron chi connectivity index (χ3n) is 3.25. The lowest BCUT2D eigenvalue weighted by Gasteiger charge is -2.02. The maximum Gasteiger partial charge on any atom is 0.127 e. The van der Waals surface area contributed by atoms with Crippen molar-refractivity contribution in [3.8, 4) is 11.4 Å². The zero-order valence-electron chi connectivity index (χ0n) is 12.5. The Hall–Kier alpha value is -2.95. The molecule has 3 aromatic rings. The van der Waals surface area contributed by atoms with Crippen LogP contribution in [0.3, 0.4) is 0 Å². The minimum Gasteiger partial charge on any atom is -0.497 e. The lowest BCUT2D eigenvalue weighted by molar-refractivity contribution is 0.414. The first-order valence-corrected chi connectivity index (χ1v) is 6.94. The lowest BCUT2D eigenvalue weighted by Crippen LogP contribution is -1.95. The number of rotatable bonds is 4. The van der Waals surface area contributed by atoms with Crippen LogP contribution in [0.25, 0.3) is 5.69 Å². The summed E-state index contributed by atoms with van der Waals surface area (Å²) in [6, 6.07) is 17.4. The number of hydrogen-bond acceptors (Lipinski definition) is 4. The number of ether oxygens (including phenoxy) is 1. The van der Waals surface area contributed by atoms with Gasteiger partial charge in [0.15, 0.2) is 0 Å². The molecule has 0 atom stereocenters. The zero-order chi connectivity index (χ0) is 15.4. The predicted molar refractivity (Wildman–Crippen MR) is 86.2 cm³/mol. The Morgan fingerprint density at radius 1 is 1.05 bits per heavy atom. The molecule has 110 valence electrons. The van der Waals surface area contributed by atoms with Crippen molar-refractivity contribution in [2.45, 2.75) is 6.92 Å². The van der Waals surface area contributed by atoms with Gasteiger partial charge in [0.05, 0.1) is 30.4 Å². The number of aliphatic imine (C=N–C) groups is 1. The van der Waals surface area contributed by atoms with Crippen LogP contribution in [-0.2, 0) is 0 Å². The summed E-state index contributed by atoms with van der Waals surface area (Å²) in [6.07, 6.45) is 1.86. The molecule has 2 aromatic carbocycles. The summed E-state index contributed by atoms with van der Waals surface area (Å²) in [5.41, 5.74) is 3.40. The highest BCUT2D eigenvalue weighted by Gasteiger charge is 2.06. The Bertz CT molecular complexity index is 776. The van der Waals surface area contributed by atoms with Crippen LogP contribution in [0.15, 0.2) is 65.8 Å². The van der Waals surface area contributed by atoms with Gasteiger partial charge in [-0.25, -0.2) is 4.68 Å². The normalized spacial score (nSPS) is 11.5. The van der Waals surface area contributed by atoms with Crippen LogP contribution in [-0.4, -0.2) is 27.8 Å². The number of benzene rings is 2. The number of para-hydroxylation sites is 1. The van der Waals surface area contributed by atoms with Crippen molar-refractivity contribution in [1.29, 1.82) is 0 Å². The van der Waals surface area contributed by atoms with Gasteiger partial charge < -0.3 is 4.74 Å². The molecule has 0 bridgehead atoms. The van der Waals surface area contributed by atoms with Gasteiger partial charge in [-0.3, -0.25) is 4.99 Å². The van der Waals surface area contributed by atoms with Crippen LogP contribution in [0.1, 0.15) is 12.6 Å². The van der Waals surface area contributed by atoms with Gasteiger partial charge >= 0.3 is 0 Å². The SMILES string of the molecule is COc1ccc(-n2cc(C(C)=Nc3ccccc3)nn2)cc1. The summed E-state index contributed by atoms with van der Waals surface area (Å²) >= 11 is 0. The second-order valence-corrected chi connectivity index (χ2v) is 4.78. The zero-order valence-corrected chi connectivity index (χ0v) is 12.5. The Morgan fingerprint density at radius 2 is 1.77 bits per heavy atom. The summed E-state index contributed by atoms with van der Waals surface area (Å²) in [4.78, 5) is 4.54. The molecular formula is C17H16N4O. The van der Waals surface area contributed by atoms with E-state index in [0.717, 1.165) is 28.5 Å². The van der Waals surface area contributed by atoms with Crippen molar-refractivity contribution >= 4 is 11.4 Å². The van der Waals surface area contributed by atoms with E-state index in [1.807, 2.05) is 67.7 Å². The van der Waals surface area contributed by atoms with E-state index >= 15 is 0 Å². The van der Waals surface area contributed by atoms with Crippen molar-refractivity contribution in [3.05, 3.63) is 66.5 Å². The maximum absolute atomic E-state index is 5.15. The Morgan fingerprint density at radius 3 is 2.45 bits per heavy atom. The molecule has 0 amide bonds. The van der Waals surface area contributed by atoms with Gasteiger partial charge in [-0.1, -0.05) is 23.4 Å². The second kappa shape index (κ2) is 6.22. The van der Waals surface area contributed by atoms with E-state index in [0.29, 0.717) is 0 Å². The van der Waals surface area contributed by atoms with Crippen LogP contribution in [0.4, 0.5) is 5.69 Å². The van der Waals surface area contributed by atoms with Crippen LogP contribution in [0.2, 0.25) is 0 Å². The van der Waals surface area contributed by atoms with Crippen molar-refractivity contribution in [1.82, 2.24) is 15.0 Å². The summed E-state index contributed by atoms with van der Waals surface area (Å²) in [5, 5.41) is 8.33. The molecule has 0 saturated carbocycles. The average Bonchev–Trinajstić information content (AvgIpc) is 3.06. The highest BCUT2D eigenvalue weighted by atomic mass is 16.5. The van der Waals surface area contributed by atoms with Crippen LogP contribution < -0.4 is 4.74 Å². The number of aromatic nitrogens is 3. The summed E-state index contributed by atoms with van der Waals surface area (Å²) < 4.78 is 6.87. The average molecular weight is 292 g/mol. The fraction of sp³-hybridized carbons (Fsp3) is 0.118. The van der Waals surface area contributed by atoms with E-state index in [9.17, 15) is 0 Å². The smallest absolute Gasteiger partial charge is 0.127 e. The molecule has 5 nitrogen and oxygen atoms in total. The molecule has 0 aliphatic heterocycles. The summed E-state index contributed by atoms with van der Waals surface area (Å²) in [6.45, 7) is 1.93. The molecular weight excluding hydrogens is 276 g/mol. The standard InChI is InChI=1S/C17H16N4O/c1-13(18-14-6-4-3-5-7-14)17-12-21(20-19-17)15-8-10-16(22-2)11-9-15/h3-12H,1-2H3. The first-order valence-electron chi connectivity index (χ1n) is 6.94. The monoisotopic (exact) mass is 292 g/mol. The van der Waals surface area contributed by atoms with Crippen LogP contribution in [0, 0.1) is 0 Å². The molecule has 1 aromatic heterocycles. The van der Waals surface area contributed by atoms with Crippen LogP contribution >= 0.6 is 0 Å². The Kier molecular flexibility index (Phi) is 3.96. The van der Waals surface area contributed by atoms with E-state index in [-0.39, 0.29) is 0 Å². The number of methoxy groups -OCH3 is 1.